The molecule has 5 heteroatoms. The van der Waals surface area contributed by atoms with Gasteiger partial charge in [-0.3, -0.25) is 0 Å². The summed E-state index contributed by atoms with van der Waals surface area (Å²) in [6.45, 7) is 11.9. The van der Waals surface area contributed by atoms with Crippen LogP contribution in [0.1, 0.15) is 52.8 Å². The van der Waals surface area contributed by atoms with Gasteiger partial charge in [0.2, 0.25) is 5.88 Å². The Morgan fingerprint density at radius 2 is 1.89 bits per heavy atom. The highest BCUT2D eigenvalue weighted by Crippen LogP contribution is 2.28. The fourth-order valence-electron chi connectivity index (χ4n) is 1.47. The van der Waals surface area contributed by atoms with Crippen LogP contribution in [-0.4, -0.2) is 23.1 Å². The summed E-state index contributed by atoms with van der Waals surface area (Å²) in [5.41, 5.74) is 6.57. The van der Waals surface area contributed by atoms with Gasteiger partial charge in [0, 0.05) is 12.5 Å². The Kier molecular flexibility index (Phi) is 5.86. The lowest BCUT2D eigenvalue weighted by Crippen LogP contribution is -2.15. The molecule has 1 aromatic rings. The zero-order valence-electron chi connectivity index (χ0n) is 12.7. The van der Waals surface area contributed by atoms with Gasteiger partial charge in [-0.2, -0.15) is 4.98 Å². The Balaban J connectivity index is 3.02. The van der Waals surface area contributed by atoms with Gasteiger partial charge in [-0.1, -0.05) is 34.6 Å². The standard InChI is InChI=1S/C14H26N4O/c1-6-7-19-14-11(15)13(16-8-9(2)3)17-12(18-14)10(4)5/h9-10H,6-8,15H2,1-5H3,(H,16,17,18). The molecule has 0 spiro atoms. The number of nitrogens with two attached hydrogens (primary N) is 1. The summed E-state index contributed by atoms with van der Waals surface area (Å²) in [5.74, 6) is 2.69. The van der Waals surface area contributed by atoms with E-state index >= 15 is 0 Å². The van der Waals surface area contributed by atoms with Gasteiger partial charge < -0.3 is 15.8 Å². The van der Waals surface area contributed by atoms with Crippen LogP contribution in [0.5, 0.6) is 5.88 Å². The molecule has 1 aromatic heterocycles. The van der Waals surface area contributed by atoms with E-state index in [2.05, 4.69) is 49.9 Å². The zero-order chi connectivity index (χ0) is 14.4. The highest BCUT2D eigenvalue weighted by atomic mass is 16.5. The lowest BCUT2D eigenvalue weighted by molar-refractivity contribution is 0.305. The van der Waals surface area contributed by atoms with Gasteiger partial charge in [0.05, 0.1) is 6.61 Å². The first-order valence-corrected chi connectivity index (χ1v) is 6.99. The minimum atomic E-state index is 0.240. The van der Waals surface area contributed by atoms with Crippen molar-refractivity contribution in [2.75, 3.05) is 24.2 Å². The van der Waals surface area contributed by atoms with Crippen LogP contribution in [0.2, 0.25) is 0 Å². The summed E-state index contributed by atoms with van der Waals surface area (Å²) in [5, 5.41) is 3.27. The van der Waals surface area contributed by atoms with Crippen LogP contribution in [0.25, 0.3) is 0 Å². The van der Waals surface area contributed by atoms with Crippen molar-refractivity contribution in [1.29, 1.82) is 0 Å². The van der Waals surface area contributed by atoms with Crippen molar-refractivity contribution in [1.82, 2.24) is 9.97 Å². The monoisotopic (exact) mass is 266 g/mol. The van der Waals surface area contributed by atoms with E-state index in [1.165, 1.54) is 0 Å². The molecule has 0 amide bonds. The molecular formula is C14H26N4O. The molecule has 0 aliphatic rings. The first-order chi connectivity index (χ1) is 8.95. The van der Waals surface area contributed by atoms with Crippen LogP contribution in [-0.2, 0) is 0 Å². The van der Waals surface area contributed by atoms with Crippen molar-refractivity contribution in [3.05, 3.63) is 5.82 Å². The second kappa shape index (κ2) is 7.16. The molecule has 19 heavy (non-hydrogen) atoms. The van der Waals surface area contributed by atoms with Crippen molar-refractivity contribution in [3.63, 3.8) is 0 Å². The first-order valence-electron chi connectivity index (χ1n) is 6.99. The number of nitrogens with one attached hydrogen (secondary N) is 1. The number of hydrogen-bond donors (Lipinski definition) is 2. The van der Waals surface area contributed by atoms with Crippen LogP contribution in [0.3, 0.4) is 0 Å². The minimum Gasteiger partial charge on any atom is -0.476 e. The number of aromatic nitrogens is 2. The summed E-state index contributed by atoms with van der Waals surface area (Å²) in [6, 6.07) is 0. The second-order valence-electron chi connectivity index (χ2n) is 5.43. The number of nitrogens with zero attached hydrogens (tertiary/aromatic N) is 2. The lowest BCUT2D eigenvalue weighted by atomic mass is 10.2. The maximum Gasteiger partial charge on any atom is 0.242 e. The fourth-order valence-corrected chi connectivity index (χ4v) is 1.47. The van der Waals surface area contributed by atoms with E-state index in [1.54, 1.807) is 0 Å². The summed E-state index contributed by atoms with van der Waals surface area (Å²) in [6.07, 6.45) is 0.926. The molecule has 1 heterocycles. The molecule has 0 unspecified atom stereocenters. The molecule has 0 saturated heterocycles. The molecule has 0 radical (unpaired) electrons. The van der Waals surface area contributed by atoms with E-state index in [-0.39, 0.29) is 5.92 Å². The van der Waals surface area contributed by atoms with E-state index in [4.69, 9.17) is 10.5 Å². The molecule has 0 saturated carbocycles. The maximum atomic E-state index is 6.07. The molecule has 0 aliphatic carbocycles. The predicted molar refractivity (Wildman–Crippen MR) is 79.6 cm³/mol. The van der Waals surface area contributed by atoms with E-state index in [1.807, 2.05) is 0 Å². The Hall–Kier alpha value is -1.52. The number of ether oxygens (including phenoxy) is 1. The third-order valence-corrected chi connectivity index (χ3v) is 2.57. The normalized spacial score (nSPS) is 11.1. The number of hydrogen-bond acceptors (Lipinski definition) is 5. The van der Waals surface area contributed by atoms with Gasteiger partial charge in [-0.25, -0.2) is 4.98 Å². The van der Waals surface area contributed by atoms with Crippen molar-refractivity contribution in [3.8, 4) is 5.88 Å². The van der Waals surface area contributed by atoms with Gasteiger partial charge in [0.15, 0.2) is 5.82 Å². The Morgan fingerprint density at radius 3 is 2.42 bits per heavy atom. The molecule has 0 aromatic carbocycles. The molecule has 3 N–H and O–H groups in total. The van der Waals surface area contributed by atoms with Crippen molar-refractivity contribution in [2.24, 2.45) is 5.92 Å². The molecule has 5 nitrogen and oxygen atoms in total. The van der Waals surface area contributed by atoms with Crippen LogP contribution >= 0.6 is 0 Å². The zero-order valence-corrected chi connectivity index (χ0v) is 12.7. The quantitative estimate of drug-likeness (QED) is 0.793. The molecular weight excluding hydrogens is 240 g/mol. The Morgan fingerprint density at radius 1 is 1.21 bits per heavy atom. The highest BCUT2D eigenvalue weighted by Gasteiger charge is 2.15. The van der Waals surface area contributed by atoms with Gasteiger partial charge in [0.25, 0.3) is 0 Å². The average molecular weight is 266 g/mol. The summed E-state index contributed by atoms with van der Waals surface area (Å²) < 4.78 is 5.61. The van der Waals surface area contributed by atoms with Crippen molar-refractivity contribution >= 4 is 11.5 Å². The van der Waals surface area contributed by atoms with E-state index in [9.17, 15) is 0 Å². The third kappa shape index (κ3) is 4.58. The van der Waals surface area contributed by atoms with E-state index < -0.39 is 0 Å². The minimum absolute atomic E-state index is 0.240. The average Bonchev–Trinajstić information content (AvgIpc) is 2.35. The molecule has 0 bridgehead atoms. The largest absolute Gasteiger partial charge is 0.476 e. The highest BCUT2D eigenvalue weighted by molar-refractivity contribution is 5.67. The maximum absolute atomic E-state index is 6.07. The fraction of sp³-hybridized carbons (Fsp3) is 0.714. The van der Waals surface area contributed by atoms with E-state index in [0.717, 1.165) is 18.8 Å². The first kappa shape index (κ1) is 15.5. The number of rotatable bonds is 7. The van der Waals surface area contributed by atoms with Crippen LogP contribution in [0, 0.1) is 5.92 Å². The third-order valence-electron chi connectivity index (χ3n) is 2.57. The van der Waals surface area contributed by atoms with Crippen molar-refractivity contribution < 1.29 is 4.74 Å². The molecule has 1 rings (SSSR count). The second-order valence-corrected chi connectivity index (χ2v) is 5.43. The lowest BCUT2D eigenvalue weighted by Gasteiger charge is -2.16. The van der Waals surface area contributed by atoms with Crippen LogP contribution < -0.4 is 15.8 Å². The predicted octanol–water partition coefficient (Wildman–Crippen LogP) is 3.04. The van der Waals surface area contributed by atoms with Gasteiger partial charge in [0.1, 0.15) is 11.5 Å². The molecule has 0 aliphatic heterocycles. The van der Waals surface area contributed by atoms with Gasteiger partial charge >= 0.3 is 0 Å². The Labute approximate surface area is 116 Å². The molecule has 0 atom stereocenters. The summed E-state index contributed by atoms with van der Waals surface area (Å²) in [7, 11) is 0. The van der Waals surface area contributed by atoms with E-state index in [0.29, 0.717) is 29.9 Å². The van der Waals surface area contributed by atoms with Crippen molar-refractivity contribution in [2.45, 2.75) is 47.0 Å². The summed E-state index contributed by atoms with van der Waals surface area (Å²) >= 11 is 0. The van der Waals surface area contributed by atoms with Crippen LogP contribution in [0.4, 0.5) is 11.5 Å². The van der Waals surface area contributed by atoms with Gasteiger partial charge in [-0.05, 0) is 12.3 Å². The SMILES string of the molecule is CCCOc1nc(C(C)C)nc(NCC(C)C)c1N. The summed E-state index contributed by atoms with van der Waals surface area (Å²) in [4.78, 5) is 8.88. The smallest absolute Gasteiger partial charge is 0.242 e. The molecule has 0 fully saturated rings. The number of anilines is 2. The van der Waals surface area contributed by atoms with Crippen LogP contribution in [0.15, 0.2) is 0 Å². The number of nitrogen functional groups attached to an aromatic ring is 1. The topological polar surface area (TPSA) is 73.1 Å². The Bertz CT molecular complexity index is 405. The molecule has 108 valence electrons. The van der Waals surface area contributed by atoms with Gasteiger partial charge in [-0.15, -0.1) is 0 Å².